The Kier molecular flexibility index (Phi) is 7.27. The number of aliphatic hydroxyl groups is 1. The maximum atomic E-state index is 9.02. The molecule has 1 N–H and O–H groups in total. The zero-order chi connectivity index (χ0) is 12.5. The summed E-state index contributed by atoms with van der Waals surface area (Å²) >= 11 is 0. The lowest BCUT2D eigenvalue weighted by molar-refractivity contribution is 0.244. The van der Waals surface area contributed by atoms with Crippen molar-refractivity contribution in [1.29, 1.82) is 0 Å². The van der Waals surface area contributed by atoms with Crippen molar-refractivity contribution in [2.24, 2.45) is 11.8 Å². The molecule has 98 valence electrons. The molecule has 0 bridgehead atoms. The molecule has 3 atom stereocenters. The molecule has 1 saturated carbocycles. The molecule has 1 rings (SSSR count). The monoisotopic (exact) mass is 236 g/mol. The van der Waals surface area contributed by atoms with Crippen LogP contribution in [0.1, 0.15) is 58.8 Å². The van der Waals surface area contributed by atoms with Crippen LogP contribution in [-0.4, -0.2) is 11.2 Å². The average molecular weight is 236 g/mol. The number of allylic oxidation sites excluding steroid dienone is 3. The van der Waals surface area contributed by atoms with E-state index in [4.69, 9.17) is 5.11 Å². The van der Waals surface area contributed by atoms with Gasteiger partial charge in [-0.2, -0.15) is 0 Å². The third kappa shape index (κ3) is 7.38. The van der Waals surface area contributed by atoms with E-state index in [1.54, 1.807) is 13.0 Å². The molecule has 3 unspecified atom stereocenters. The molecule has 0 saturated heterocycles. The van der Waals surface area contributed by atoms with Crippen LogP contribution < -0.4 is 0 Å². The van der Waals surface area contributed by atoms with Crippen LogP contribution in [0.2, 0.25) is 0 Å². The summed E-state index contributed by atoms with van der Waals surface area (Å²) < 4.78 is 0. The van der Waals surface area contributed by atoms with E-state index in [9.17, 15) is 0 Å². The van der Waals surface area contributed by atoms with Crippen molar-refractivity contribution in [3.8, 4) is 0 Å². The van der Waals surface area contributed by atoms with E-state index in [1.807, 2.05) is 6.08 Å². The van der Waals surface area contributed by atoms with Gasteiger partial charge in [-0.15, -0.1) is 0 Å². The standard InChI is InChI=1S/C16H28O/c1-3-4-7-11-15-13-16(15)12-9-6-5-8-10-14(2)17/h5-6,8,10,14-17H,3-4,7,9,11-13H2,1-2H3/b6-5+,10-8+. The minimum atomic E-state index is -0.328. The molecule has 0 heterocycles. The van der Waals surface area contributed by atoms with E-state index in [0.717, 1.165) is 11.8 Å². The zero-order valence-corrected chi connectivity index (χ0v) is 11.4. The van der Waals surface area contributed by atoms with E-state index in [2.05, 4.69) is 19.1 Å². The van der Waals surface area contributed by atoms with E-state index >= 15 is 0 Å². The highest BCUT2D eigenvalue weighted by molar-refractivity contribution is 5.04. The molecule has 0 aromatic carbocycles. The summed E-state index contributed by atoms with van der Waals surface area (Å²) in [5.74, 6) is 2.06. The highest BCUT2D eigenvalue weighted by Gasteiger charge is 2.34. The molecule has 0 spiro atoms. The smallest absolute Gasteiger partial charge is 0.0695 e. The van der Waals surface area contributed by atoms with Crippen molar-refractivity contribution in [3.63, 3.8) is 0 Å². The fraction of sp³-hybridized carbons (Fsp3) is 0.750. The SMILES string of the molecule is CCCCCC1CC1CC/C=C/C=C/C(C)O. The van der Waals surface area contributed by atoms with Crippen molar-refractivity contribution in [2.45, 2.75) is 64.9 Å². The molecule has 1 aliphatic carbocycles. The fourth-order valence-corrected chi connectivity index (χ4v) is 2.38. The highest BCUT2D eigenvalue weighted by Crippen LogP contribution is 2.45. The topological polar surface area (TPSA) is 20.2 Å². The van der Waals surface area contributed by atoms with Crippen LogP contribution >= 0.6 is 0 Å². The van der Waals surface area contributed by atoms with E-state index in [1.165, 1.54) is 44.9 Å². The molecule has 17 heavy (non-hydrogen) atoms. The Morgan fingerprint density at radius 2 is 1.94 bits per heavy atom. The molecule has 0 aliphatic heterocycles. The van der Waals surface area contributed by atoms with Gasteiger partial charge in [0.1, 0.15) is 0 Å². The highest BCUT2D eigenvalue weighted by atomic mass is 16.3. The van der Waals surface area contributed by atoms with Gasteiger partial charge in [0.05, 0.1) is 6.10 Å². The summed E-state index contributed by atoms with van der Waals surface area (Å²) in [6, 6.07) is 0. The van der Waals surface area contributed by atoms with E-state index in [-0.39, 0.29) is 6.10 Å². The molecule has 0 aromatic heterocycles. The summed E-state index contributed by atoms with van der Waals surface area (Å²) in [6.45, 7) is 4.05. The van der Waals surface area contributed by atoms with Gasteiger partial charge >= 0.3 is 0 Å². The first-order chi connectivity index (χ1) is 8.24. The quantitative estimate of drug-likeness (QED) is 0.462. The Hall–Kier alpha value is -0.560. The zero-order valence-electron chi connectivity index (χ0n) is 11.4. The number of hydrogen-bond acceptors (Lipinski definition) is 1. The van der Waals surface area contributed by atoms with E-state index < -0.39 is 0 Å². The summed E-state index contributed by atoms with van der Waals surface area (Å²) in [5, 5.41) is 9.02. The van der Waals surface area contributed by atoms with Gasteiger partial charge < -0.3 is 5.11 Å². The predicted octanol–water partition coefficient (Wildman–Crippen LogP) is 4.48. The van der Waals surface area contributed by atoms with Crippen LogP contribution in [0, 0.1) is 11.8 Å². The summed E-state index contributed by atoms with van der Waals surface area (Å²) in [5.41, 5.74) is 0. The molecule has 1 heteroatoms. The van der Waals surface area contributed by atoms with Crippen molar-refractivity contribution in [2.75, 3.05) is 0 Å². The first-order valence-corrected chi connectivity index (χ1v) is 7.25. The van der Waals surface area contributed by atoms with Gasteiger partial charge in [-0.25, -0.2) is 0 Å². The largest absolute Gasteiger partial charge is 0.389 e. The lowest BCUT2D eigenvalue weighted by atomic mass is 10.1. The Bertz CT molecular complexity index is 240. The third-order valence-electron chi connectivity index (χ3n) is 3.59. The van der Waals surface area contributed by atoms with Crippen LogP contribution in [-0.2, 0) is 0 Å². The van der Waals surface area contributed by atoms with Gasteiger partial charge in [0.25, 0.3) is 0 Å². The molecule has 1 nitrogen and oxygen atoms in total. The van der Waals surface area contributed by atoms with Crippen molar-refractivity contribution in [3.05, 3.63) is 24.3 Å². The fourth-order valence-electron chi connectivity index (χ4n) is 2.38. The van der Waals surface area contributed by atoms with Crippen LogP contribution in [0.3, 0.4) is 0 Å². The van der Waals surface area contributed by atoms with Crippen LogP contribution in [0.4, 0.5) is 0 Å². The maximum absolute atomic E-state index is 9.02. The Morgan fingerprint density at radius 3 is 2.65 bits per heavy atom. The molecular formula is C16H28O. The van der Waals surface area contributed by atoms with Crippen molar-refractivity contribution < 1.29 is 5.11 Å². The molecular weight excluding hydrogens is 208 g/mol. The predicted molar refractivity (Wildman–Crippen MR) is 74.9 cm³/mol. The lowest BCUT2D eigenvalue weighted by Gasteiger charge is -1.98. The average Bonchev–Trinajstić information content (AvgIpc) is 3.02. The van der Waals surface area contributed by atoms with Gasteiger partial charge in [0.15, 0.2) is 0 Å². The number of hydrogen-bond donors (Lipinski definition) is 1. The Morgan fingerprint density at radius 1 is 1.18 bits per heavy atom. The second-order valence-corrected chi connectivity index (χ2v) is 5.38. The summed E-state index contributed by atoms with van der Waals surface area (Å²) in [7, 11) is 0. The number of rotatable bonds is 9. The Labute approximate surface area is 107 Å². The normalized spacial score (nSPS) is 25.8. The number of unbranched alkanes of at least 4 members (excludes halogenated alkanes) is 2. The maximum Gasteiger partial charge on any atom is 0.0695 e. The summed E-state index contributed by atoms with van der Waals surface area (Å²) in [6.07, 6.45) is 17.4. The van der Waals surface area contributed by atoms with Crippen molar-refractivity contribution in [1.82, 2.24) is 0 Å². The van der Waals surface area contributed by atoms with Gasteiger partial charge in [-0.1, -0.05) is 56.9 Å². The van der Waals surface area contributed by atoms with Crippen molar-refractivity contribution >= 4 is 0 Å². The van der Waals surface area contributed by atoms with E-state index in [0.29, 0.717) is 0 Å². The summed E-state index contributed by atoms with van der Waals surface area (Å²) in [4.78, 5) is 0. The van der Waals surface area contributed by atoms with Gasteiger partial charge in [0.2, 0.25) is 0 Å². The second-order valence-electron chi connectivity index (χ2n) is 5.38. The first-order valence-electron chi connectivity index (χ1n) is 7.25. The molecule has 1 aliphatic rings. The van der Waals surface area contributed by atoms with Crippen LogP contribution in [0.25, 0.3) is 0 Å². The lowest BCUT2D eigenvalue weighted by Crippen LogP contribution is -1.90. The van der Waals surface area contributed by atoms with Gasteiger partial charge in [-0.05, 0) is 38.0 Å². The molecule has 0 radical (unpaired) electrons. The minimum Gasteiger partial charge on any atom is -0.389 e. The third-order valence-corrected chi connectivity index (χ3v) is 3.59. The first kappa shape index (κ1) is 14.5. The molecule has 0 amide bonds. The van der Waals surface area contributed by atoms with Crippen LogP contribution in [0.5, 0.6) is 0 Å². The molecule has 0 aromatic rings. The second kappa shape index (κ2) is 8.52. The minimum absolute atomic E-state index is 0.328. The van der Waals surface area contributed by atoms with Gasteiger partial charge in [-0.3, -0.25) is 0 Å². The Balaban J connectivity index is 1.95. The number of aliphatic hydroxyl groups excluding tert-OH is 1. The molecule has 1 fully saturated rings. The van der Waals surface area contributed by atoms with Crippen LogP contribution in [0.15, 0.2) is 24.3 Å². The van der Waals surface area contributed by atoms with Gasteiger partial charge in [0, 0.05) is 0 Å².